The van der Waals surface area contributed by atoms with Gasteiger partial charge < -0.3 is 5.73 Å². The van der Waals surface area contributed by atoms with Crippen molar-refractivity contribution >= 4 is 28.3 Å². The molecule has 10 heteroatoms. The zero-order valence-electron chi connectivity index (χ0n) is 8.64. The molecular formula is C8H5N7O3. The van der Waals surface area contributed by atoms with Crippen LogP contribution in [-0.2, 0) is 0 Å². The molecule has 5 N–H and O–H groups in total. The summed E-state index contributed by atoms with van der Waals surface area (Å²) >= 11 is 0. The minimum absolute atomic E-state index is 0.0509. The van der Waals surface area contributed by atoms with Crippen LogP contribution in [0.1, 0.15) is 0 Å². The number of H-pyrrole nitrogens is 3. The Morgan fingerprint density at radius 1 is 0.833 bits per heavy atom. The van der Waals surface area contributed by atoms with Crippen LogP contribution in [0.15, 0.2) is 14.4 Å². The third-order valence-electron chi connectivity index (χ3n) is 2.23. The Hall–Kier alpha value is -3.04. The van der Waals surface area contributed by atoms with E-state index in [1.165, 1.54) is 0 Å². The number of nitrogens with two attached hydrogens (primary N) is 1. The average Bonchev–Trinajstić information content (AvgIpc) is 2.26. The minimum atomic E-state index is -0.737. The molecule has 0 amide bonds. The van der Waals surface area contributed by atoms with Gasteiger partial charge in [-0.1, -0.05) is 0 Å². The van der Waals surface area contributed by atoms with Crippen molar-refractivity contribution in [3.8, 4) is 0 Å². The van der Waals surface area contributed by atoms with Crippen LogP contribution in [0.5, 0.6) is 0 Å². The summed E-state index contributed by atoms with van der Waals surface area (Å²) in [6.07, 6.45) is 0. The third kappa shape index (κ3) is 1.36. The Morgan fingerprint density at radius 3 is 2.33 bits per heavy atom. The predicted octanol–water partition coefficient (Wildman–Crippen LogP) is -2.17. The van der Waals surface area contributed by atoms with Gasteiger partial charge in [-0.15, -0.1) is 0 Å². The highest BCUT2D eigenvalue weighted by molar-refractivity contribution is 5.80. The van der Waals surface area contributed by atoms with E-state index in [4.69, 9.17) is 5.73 Å². The fourth-order valence-corrected chi connectivity index (χ4v) is 1.52. The number of hydrogen-bond acceptors (Lipinski definition) is 7. The van der Waals surface area contributed by atoms with Gasteiger partial charge in [0.1, 0.15) is 0 Å². The highest BCUT2D eigenvalue weighted by atomic mass is 16.2. The number of nitrogens with zero attached hydrogens (tertiary/aromatic N) is 3. The molecule has 0 aromatic carbocycles. The third-order valence-corrected chi connectivity index (χ3v) is 2.23. The van der Waals surface area contributed by atoms with E-state index in [1.54, 1.807) is 0 Å². The Bertz CT molecular complexity index is 951. The van der Waals surface area contributed by atoms with Gasteiger partial charge in [0.2, 0.25) is 5.95 Å². The number of anilines is 1. The maximum atomic E-state index is 11.6. The van der Waals surface area contributed by atoms with Crippen molar-refractivity contribution in [1.82, 2.24) is 29.9 Å². The van der Waals surface area contributed by atoms with Crippen molar-refractivity contribution < 1.29 is 0 Å². The zero-order chi connectivity index (χ0) is 12.9. The maximum absolute atomic E-state index is 11.6. The summed E-state index contributed by atoms with van der Waals surface area (Å²) in [7, 11) is 0. The van der Waals surface area contributed by atoms with Crippen molar-refractivity contribution in [2.45, 2.75) is 0 Å². The Balaban J connectivity index is 2.64. The molecule has 0 saturated carbocycles. The lowest BCUT2D eigenvalue weighted by atomic mass is 10.4. The smallest absolute Gasteiger partial charge is 0.327 e. The largest absolute Gasteiger partial charge is 0.369 e. The summed E-state index contributed by atoms with van der Waals surface area (Å²) in [5.41, 5.74) is 2.88. The van der Waals surface area contributed by atoms with Gasteiger partial charge in [0, 0.05) is 0 Å². The molecule has 0 saturated heterocycles. The fourth-order valence-electron chi connectivity index (χ4n) is 1.52. The van der Waals surface area contributed by atoms with E-state index >= 15 is 0 Å². The number of hydrogen-bond donors (Lipinski definition) is 4. The minimum Gasteiger partial charge on any atom is -0.369 e. The molecule has 0 radical (unpaired) electrons. The molecular weight excluding hydrogens is 242 g/mol. The molecule has 0 bridgehead atoms. The van der Waals surface area contributed by atoms with E-state index in [0.717, 1.165) is 0 Å². The molecule has 0 aliphatic rings. The van der Waals surface area contributed by atoms with Gasteiger partial charge >= 0.3 is 5.69 Å². The summed E-state index contributed by atoms with van der Waals surface area (Å²) in [6, 6.07) is 0. The van der Waals surface area contributed by atoms with E-state index in [2.05, 4.69) is 24.9 Å². The van der Waals surface area contributed by atoms with Crippen LogP contribution in [0.4, 0.5) is 5.95 Å². The number of nitrogens with one attached hydrogen (secondary N) is 3. The van der Waals surface area contributed by atoms with Crippen LogP contribution in [0.25, 0.3) is 22.3 Å². The number of nitrogen functional groups attached to an aromatic ring is 1. The SMILES string of the molecule is Nc1nc2nc3[nH]c(=O)[nH]c(=O)c3nc2c(=O)[nH]1. The Morgan fingerprint density at radius 2 is 1.56 bits per heavy atom. The molecule has 18 heavy (non-hydrogen) atoms. The van der Waals surface area contributed by atoms with Crippen molar-refractivity contribution in [3.63, 3.8) is 0 Å². The molecule has 3 aromatic rings. The van der Waals surface area contributed by atoms with Crippen LogP contribution in [0, 0.1) is 0 Å². The van der Waals surface area contributed by atoms with E-state index in [-0.39, 0.29) is 28.3 Å². The van der Waals surface area contributed by atoms with Gasteiger partial charge in [-0.3, -0.25) is 24.5 Å². The first-order valence-electron chi connectivity index (χ1n) is 4.74. The number of rotatable bonds is 0. The van der Waals surface area contributed by atoms with Crippen LogP contribution < -0.4 is 22.5 Å². The normalized spacial score (nSPS) is 11.1. The Labute approximate surface area is 95.9 Å². The molecule has 90 valence electrons. The average molecular weight is 247 g/mol. The summed E-state index contributed by atoms with van der Waals surface area (Å²) < 4.78 is 0. The second-order valence-electron chi connectivity index (χ2n) is 3.45. The highest BCUT2D eigenvalue weighted by Crippen LogP contribution is 2.05. The van der Waals surface area contributed by atoms with Crippen LogP contribution in [0.2, 0.25) is 0 Å². The number of fused-ring (bicyclic) bond motifs is 2. The van der Waals surface area contributed by atoms with Crippen molar-refractivity contribution in [2.75, 3.05) is 5.73 Å². The van der Waals surface area contributed by atoms with Gasteiger partial charge in [0.25, 0.3) is 11.1 Å². The first kappa shape index (κ1) is 10.1. The second kappa shape index (κ2) is 3.23. The molecule has 0 fully saturated rings. The van der Waals surface area contributed by atoms with Gasteiger partial charge in [0.05, 0.1) is 0 Å². The van der Waals surface area contributed by atoms with E-state index in [0.29, 0.717) is 0 Å². The zero-order valence-corrected chi connectivity index (χ0v) is 8.64. The molecule has 10 nitrogen and oxygen atoms in total. The highest BCUT2D eigenvalue weighted by Gasteiger charge is 2.10. The van der Waals surface area contributed by atoms with E-state index in [9.17, 15) is 14.4 Å². The first-order valence-corrected chi connectivity index (χ1v) is 4.74. The fraction of sp³-hybridized carbons (Fsp3) is 0. The van der Waals surface area contributed by atoms with Crippen molar-refractivity contribution in [1.29, 1.82) is 0 Å². The number of aromatic amines is 3. The van der Waals surface area contributed by atoms with E-state index in [1.807, 2.05) is 4.98 Å². The first-order chi connectivity index (χ1) is 8.54. The Kier molecular flexibility index (Phi) is 1.82. The molecule has 3 heterocycles. The number of aromatic nitrogens is 6. The van der Waals surface area contributed by atoms with Crippen LogP contribution >= 0.6 is 0 Å². The molecule has 0 unspecified atom stereocenters. The van der Waals surface area contributed by atoms with E-state index < -0.39 is 16.8 Å². The summed E-state index contributed by atoms with van der Waals surface area (Å²) in [5.74, 6) is -0.131. The van der Waals surface area contributed by atoms with Gasteiger partial charge in [-0.05, 0) is 0 Å². The molecule has 0 atom stereocenters. The predicted molar refractivity (Wildman–Crippen MR) is 61.1 cm³/mol. The lowest BCUT2D eigenvalue weighted by Gasteiger charge is -1.99. The lowest BCUT2D eigenvalue weighted by Crippen LogP contribution is -2.24. The van der Waals surface area contributed by atoms with Crippen molar-refractivity contribution in [2.24, 2.45) is 0 Å². The monoisotopic (exact) mass is 247 g/mol. The van der Waals surface area contributed by atoms with Crippen LogP contribution in [-0.4, -0.2) is 29.9 Å². The van der Waals surface area contributed by atoms with Gasteiger partial charge in [-0.2, -0.15) is 4.98 Å². The maximum Gasteiger partial charge on any atom is 0.327 e. The molecule has 0 aliphatic heterocycles. The molecule has 0 aliphatic carbocycles. The second-order valence-corrected chi connectivity index (χ2v) is 3.45. The topological polar surface area (TPSA) is 163 Å². The van der Waals surface area contributed by atoms with Gasteiger partial charge in [-0.25, -0.2) is 14.8 Å². The molecule has 0 spiro atoms. The van der Waals surface area contributed by atoms with Gasteiger partial charge in [0.15, 0.2) is 22.3 Å². The quantitative estimate of drug-likeness (QED) is 0.328. The standard InChI is InChI=1S/C8H5N7O3/c9-7-12-3-1(5(16)14-7)10-2-4(11-3)13-8(18)15-6(2)17/h(H5,9,11,12,13,14,15,16,17,18). The molecule has 3 rings (SSSR count). The van der Waals surface area contributed by atoms with Crippen LogP contribution in [0.3, 0.4) is 0 Å². The molecule has 3 aromatic heterocycles. The summed E-state index contributed by atoms with van der Waals surface area (Å²) in [6.45, 7) is 0. The lowest BCUT2D eigenvalue weighted by molar-refractivity contribution is 1.04. The van der Waals surface area contributed by atoms with Crippen molar-refractivity contribution in [3.05, 3.63) is 31.2 Å². The summed E-state index contributed by atoms with van der Waals surface area (Å²) in [4.78, 5) is 52.1. The summed E-state index contributed by atoms with van der Waals surface area (Å²) in [5, 5.41) is 0.